The average molecular weight is 450 g/mol. The highest BCUT2D eigenvalue weighted by molar-refractivity contribution is 7.20. The third kappa shape index (κ3) is 3.67. The number of benzene rings is 2. The third-order valence-corrected chi connectivity index (χ3v) is 6.69. The van der Waals surface area contributed by atoms with Gasteiger partial charge in [0.05, 0.1) is 18.0 Å². The van der Waals surface area contributed by atoms with Crippen molar-refractivity contribution in [2.75, 3.05) is 20.3 Å². The molecule has 0 unspecified atom stereocenters. The zero-order chi connectivity index (χ0) is 22.2. The van der Waals surface area contributed by atoms with E-state index in [-0.39, 0.29) is 11.9 Å². The number of fused-ring (bicyclic) bond motifs is 2. The van der Waals surface area contributed by atoms with Crippen LogP contribution in [-0.2, 0) is 7.05 Å². The van der Waals surface area contributed by atoms with Crippen LogP contribution in [0.15, 0.2) is 48.5 Å². The van der Waals surface area contributed by atoms with Crippen molar-refractivity contribution in [3.05, 3.63) is 59.0 Å². The van der Waals surface area contributed by atoms with Crippen molar-refractivity contribution in [2.45, 2.75) is 13.0 Å². The van der Waals surface area contributed by atoms with Crippen LogP contribution < -0.4 is 19.5 Å². The highest BCUT2D eigenvalue weighted by Crippen LogP contribution is 2.36. The minimum absolute atomic E-state index is 0.120. The Morgan fingerprint density at radius 2 is 1.97 bits per heavy atom. The van der Waals surface area contributed by atoms with E-state index < -0.39 is 0 Å². The van der Waals surface area contributed by atoms with Crippen molar-refractivity contribution < 1.29 is 19.0 Å². The van der Waals surface area contributed by atoms with Gasteiger partial charge in [-0.3, -0.25) is 9.48 Å². The molecule has 1 amide bonds. The van der Waals surface area contributed by atoms with Gasteiger partial charge in [0.1, 0.15) is 29.5 Å². The Morgan fingerprint density at radius 3 is 2.78 bits per heavy atom. The van der Waals surface area contributed by atoms with Gasteiger partial charge in [-0.25, -0.2) is 0 Å². The van der Waals surface area contributed by atoms with Crippen molar-refractivity contribution in [1.29, 1.82) is 0 Å². The van der Waals surface area contributed by atoms with E-state index in [1.807, 2.05) is 67.2 Å². The first-order chi connectivity index (χ1) is 15.5. The summed E-state index contributed by atoms with van der Waals surface area (Å²) in [7, 11) is 3.53. The lowest BCUT2D eigenvalue weighted by atomic mass is 10.1. The van der Waals surface area contributed by atoms with Gasteiger partial charge in [-0.2, -0.15) is 5.10 Å². The van der Waals surface area contributed by atoms with E-state index in [2.05, 4.69) is 10.4 Å². The number of rotatable bonds is 5. The monoisotopic (exact) mass is 449 g/mol. The zero-order valence-electron chi connectivity index (χ0n) is 18.0. The number of nitrogens with one attached hydrogen (secondary N) is 1. The van der Waals surface area contributed by atoms with Crippen molar-refractivity contribution in [3.63, 3.8) is 0 Å². The number of methoxy groups -OCH3 is 1. The lowest BCUT2D eigenvalue weighted by Crippen LogP contribution is -2.26. The second kappa shape index (κ2) is 8.20. The lowest BCUT2D eigenvalue weighted by molar-refractivity contribution is 0.0944. The van der Waals surface area contributed by atoms with Crippen molar-refractivity contribution >= 4 is 27.5 Å². The van der Waals surface area contributed by atoms with Crippen LogP contribution in [0.1, 0.15) is 28.2 Å². The van der Waals surface area contributed by atoms with Gasteiger partial charge in [0, 0.05) is 18.0 Å². The highest BCUT2D eigenvalue weighted by Gasteiger charge is 2.21. The number of aromatic nitrogens is 2. The first kappa shape index (κ1) is 20.4. The molecule has 4 aromatic rings. The number of thiophene rings is 1. The second-order valence-electron chi connectivity index (χ2n) is 7.63. The molecule has 32 heavy (non-hydrogen) atoms. The molecule has 8 heteroatoms. The molecule has 0 fully saturated rings. The molecule has 0 aliphatic carbocycles. The van der Waals surface area contributed by atoms with E-state index in [0.29, 0.717) is 23.8 Å². The molecule has 0 bridgehead atoms. The third-order valence-electron chi connectivity index (χ3n) is 5.49. The van der Waals surface area contributed by atoms with Crippen molar-refractivity contribution in [2.24, 2.45) is 7.05 Å². The van der Waals surface area contributed by atoms with Crippen molar-refractivity contribution in [3.8, 4) is 28.5 Å². The molecule has 7 nitrogen and oxygen atoms in total. The summed E-state index contributed by atoms with van der Waals surface area (Å²) in [6, 6.07) is 15.3. The minimum Gasteiger partial charge on any atom is -0.497 e. The zero-order valence-corrected chi connectivity index (χ0v) is 18.9. The molecule has 0 saturated carbocycles. The Morgan fingerprint density at radius 1 is 1.16 bits per heavy atom. The summed E-state index contributed by atoms with van der Waals surface area (Å²) in [4.78, 5) is 14.6. The number of hydrogen-bond acceptors (Lipinski definition) is 6. The number of hydrogen-bond donors (Lipinski definition) is 1. The maximum Gasteiger partial charge on any atom is 0.261 e. The second-order valence-corrected chi connectivity index (χ2v) is 8.66. The molecule has 0 saturated heterocycles. The van der Waals surface area contributed by atoms with Gasteiger partial charge in [-0.1, -0.05) is 18.2 Å². The van der Waals surface area contributed by atoms with Crippen LogP contribution in [0.3, 0.4) is 0 Å². The summed E-state index contributed by atoms with van der Waals surface area (Å²) >= 11 is 1.43. The molecule has 0 spiro atoms. The Kier molecular flexibility index (Phi) is 5.22. The van der Waals surface area contributed by atoms with E-state index in [1.54, 1.807) is 7.11 Å². The summed E-state index contributed by atoms with van der Waals surface area (Å²) in [5, 5.41) is 8.70. The lowest BCUT2D eigenvalue weighted by Gasteiger charge is -2.21. The van der Waals surface area contributed by atoms with Crippen molar-refractivity contribution in [1.82, 2.24) is 15.1 Å². The molecule has 164 valence electrons. The van der Waals surface area contributed by atoms with Crippen LogP contribution in [0.5, 0.6) is 17.2 Å². The summed E-state index contributed by atoms with van der Waals surface area (Å²) in [5.41, 5.74) is 2.74. The molecule has 5 rings (SSSR count). The Hall–Kier alpha value is -3.52. The molecule has 3 heterocycles. The van der Waals surface area contributed by atoms with E-state index >= 15 is 0 Å². The van der Waals surface area contributed by atoms with Gasteiger partial charge in [0.15, 0.2) is 11.5 Å². The van der Waals surface area contributed by atoms with Crippen LogP contribution in [0.4, 0.5) is 0 Å². The van der Waals surface area contributed by atoms with Gasteiger partial charge in [-0.15, -0.1) is 11.3 Å². The SMILES string of the molecule is COc1cccc(-c2nn(C)c3sc(C(=O)N[C@@H](C)c4ccc5c(c4)OCCO5)cc23)c1. The van der Waals surface area contributed by atoms with E-state index in [0.717, 1.165) is 38.5 Å². The van der Waals surface area contributed by atoms with Crippen LogP contribution in [0.2, 0.25) is 0 Å². The number of carbonyl (C=O) groups is 1. The van der Waals surface area contributed by atoms with Crippen LogP contribution >= 0.6 is 11.3 Å². The predicted octanol–water partition coefficient (Wildman–Crippen LogP) is 4.57. The highest BCUT2D eigenvalue weighted by atomic mass is 32.1. The molecular weight excluding hydrogens is 426 g/mol. The molecule has 1 aliphatic heterocycles. The maximum absolute atomic E-state index is 13.0. The Bertz CT molecular complexity index is 1310. The number of ether oxygens (including phenoxy) is 3. The molecule has 2 aromatic heterocycles. The summed E-state index contributed by atoms with van der Waals surface area (Å²) in [6.45, 7) is 3.04. The van der Waals surface area contributed by atoms with E-state index in [1.165, 1.54) is 11.3 Å². The van der Waals surface area contributed by atoms with E-state index in [4.69, 9.17) is 14.2 Å². The number of aryl methyl sites for hydroxylation is 1. The van der Waals surface area contributed by atoms with Crippen LogP contribution in [0, 0.1) is 0 Å². The number of carbonyl (C=O) groups excluding carboxylic acids is 1. The molecular formula is C24H23N3O4S. The summed E-state index contributed by atoms with van der Waals surface area (Å²) < 4.78 is 18.4. The van der Waals surface area contributed by atoms with Gasteiger partial charge < -0.3 is 19.5 Å². The molecule has 1 N–H and O–H groups in total. The quantitative estimate of drug-likeness (QED) is 0.483. The maximum atomic E-state index is 13.0. The fraction of sp³-hybridized carbons (Fsp3) is 0.250. The molecule has 1 atom stereocenters. The smallest absolute Gasteiger partial charge is 0.261 e. The fourth-order valence-electron chi connectivity index (χ4n) is 3.82. The van der Waals surface area contributed by atoms with Gasteiger partial charge in [0.25, 0.3) is 5.91 Å². The van der Waals surface area contributed by atoms with Gasteiger partial charge in [0.2, 0.25) is 0 Å². The van der Waals surface area contributed by atoms with Gasteiger partial charge >= 0.3 is 0 Å². The van der Waals surface area contributed by atoms with Gasteiger partial charge in [-0.05, 0) is 42.8 Å². The van der Waals surface area contributed by atoms with Crippen LogP contribution in [-0.4, -0.2) is 36.0 Å². The molecule has 0 radical (unpaired) electrons. The Balaban J connectivity index is 1.40. The average Bonchev–Trinajstić information content (AvgIpc) is 3.39. The predicted molar refractivity (Wildman–Crippen MR) is 124 cm³/mol. The fourth-order valence-corrected chi connectivity index (χ4v) is 4.79. The Labute approximate surface area is 189 Å². The van der Waals surface area contributed by atoms with Crippen LogP contribution in [0.25, 0.3) is 21.5 Å². The first-order valence-corrected chi connectivity index (χ1v) is 11.2. The normalized spacial score (nSPS) is 13.7. The van der Waals surface area contributed by atoms with E-state index in [9.17, 15) is 4.79 Å². The minimum atomic E-state index is -0.181. The topological polar surface area (TPSA) is 74.6 Å². The number of nitrogens with zero attached hydrogens (tertiary/aromatic N) is 2. The summed E-state index contributed by atoms with van der Waals surface area (Å²) in [5.74, 6) is 2.10. The molecule has 2 aromatic carbocycles. The molecule has 1 aliphatic rings. The largest absolute Gasteiger partial charge is 0.497 e. The standard InChI is InChI=1S/C24H23N3O4S/c1-14(15-7-8-19-20(12-15)31-10-9-30-19)25-23(28)21-13-18-22(26-27(2)24(18)32-21)16-5-4-6-17(11-16)29-3/h4-8,11-14H,9-10H2,1-3H3,(H,25,28)/t14-/m0/s1. The summed E-state index contributed by atoms with van der Waals surface area (Å²) in [6.07, 6.45) is 0. The first-order valence-electron chi connectivity index (χ1n) is 10.3. The number of amides is 1.